The minimum Gasteiger partial charge on any atom is -0.489 e. The van der Waals surface area contributed by atoms with Crippen molar-refractivity contribution in [2.24, 2.45) is 5.73 Å². The summed E-state index contributed by atoms with van der Waals surface area (Å²) in [6, 6.07) is 11.6. The lowest BCUT2D eigenvalue weighted by atomic mass is 10.2. The molecule has 3 aromatic rings. The van der Waals surface area contributed by atoms with Crippen LogP contribution in [-0.2, 0) is 10.1 Å². The first-order valence-corrected chi connectivity index (χ1v) is 11.1. The van der Waals surface area contributed by atoms with Crippen LogP contribution in [0.1, 0.15) is 12.0 Å². The summed E-state index contributed by atoms with van der Waals surface area (Å²) in [5, 5.41) is 11.7. The van der Waals surface area contributed by atoms with Gasteiger partial charge in [-0.1, -0.05) is 17.7 Å². The van der Waals surface area contributed by atoms with E-state index in [0.717, 1.165) is 5.56 Å². The van der Waals surface area contributed by atoms with E-state index in [2.05, 4.69) is 10.3 Å². The van der Waals surface area contributed by atoms with Crippen LogP contribution in [0.2, 0.25) is 0 Å². The predicted octanol–water partition coefficient (Wildman–Crippen LogP) is 3.05. The Labute approximate surface area is 185 Å². The fraction of sp³-hybridized carbons (Fsp3) is 0.286. The number of aromatic nitrogens is 1. The SMILES string of the molecule is Cc1ccc(S(=O)(=O)O)cc1.NCC(=CF)COc1ccc2nc(NCCCO)oc2c1. The van der Waals surface area contributed by atoms with Gasteiger partial charge in [-0.05, 0) is 37.6 Å². The van der Waals surface area contributed by atoms with Crippen molar-refractivity contribution in [1.82, 2.24) is 4.98 Å². The third-order valence-corrected chi connectivity index (χ3v) is 5.00. The van der Waals surface area contributed by atoms with Crippen molar-refractivity contribution < 1.29 is 31.6 Å². The van der Waals surface area contributed by atoms with Crippen LogP contribution in [0.4, 0.5) is 10.4 Å². The molecular weight excluding hydrogens is 441 g/mol. The van der Waals surface area contributed by atoms with Crippen molar-refractivity contribution in [2.75, 3.05) is 31.6 Å². The molecule has 1 aromatic heterocycles. The number of halogens is 1. The first-order chi connectivity index (χ1) is 15.3. The molecule has 0 aliphatic carbocycles. The van der Waals surface area contributed by atoms with Crippen LogP contribution in [-0.4, -0.2) is 49.4 Å². The van der Waals surface area contributed by atoms with Gasteiger partial charge in [0.2, 0.25) is 0 Å². The lowest BCUT2D eigenvalue weighted by molar-refractivity contribution is 0.292. The maximum Gasteiger partial charge on any atom is 0.295 e. The molecule has 3 rings (SSSR count). The second-order valence-electron chi connectivity index (χ2n) is 6.70. The molecule has 0 unspecified atom stereocenters. The standard InChI is InChI=1S/C14H18FN3O3.C7H8O3S/c15-7-10(8-16)9-20-11-2-3-12-13(6-11)21-14(18-12)17-4-1-5-19;1-6-2-4-7(5-3-6)11(8,9)10/h2-3,6-7,19H,1,4-5,8-9,16H2,(H,17,18);2-5H,1H3,(H,8,9,10). The molecule has 0 aliphatic rings. The van der Waals surface area contributed by atoms with Crippen molar-refractivity contribution in [3.8, 4) is 5.75 Å². The number of aliphatic hydroxyl groups excluding tert-OH is 1. The average Bonchev–Trinajstić information content (AvgIpc) is 3.17. The molecule has 5 N–H and O–H groups in total. The molecule has 11 heteroatoms. The number of benzene rings is 2. The van der Waals surface area contributed by atoms with Crippen LogP contribution in [0.25, 0.3) is 11.1 Å². The van der Waals surface area contributed by atoms with Crippen molar-refractivity contribution in [3.05, 3.63) is 59.9 Å². The molecule has 1 heterocycles. The number of rotatable bonds is 9. The number of aryl methyl sites for hydroxylation is 1. The highest BCUT2D eigenvalue weighted by atomic mass is 32.2. The average molecular weight is 468 g/mol. The van der Waals surface area contributed by atoms with Crippen molar-refractivity contribution in [3.63, 3.8) is 0 Å². The molecular formula is C21H26FN3O6S. The molecule has 0 saturated carbocycles. The zero-order valence-electron chi connectivity index (χ0n) is 17.5. The molecule has 9 nitrogen and oxygen atoms in total. The van der Waals surface area contributed by atoms with E-state index >= 15 is 0 Å². The molecule has 32 heavy (non-hydrogen) atoms. The Morgan fingerprint density at radius 3 is 2.59 bits per heavy atom. The highest BCUT2D eigenvalue weighted by Crippen LogP contribution is 2.24. The molecule has 0 aliphatic heterocycles. The summed E-state index contributed by atoms with van der Waals surface area (Å²) in [6.45, 7) is 2.73. The van der Waals surface area contributed by atoms with Crippen LogP contribution in [0.3, 0.4) is 0 Å². The first kappa shape index (κ1) is 25.3. The van der Waals surface area contributed by atoms with E-state index < -0.39 is 10.1 Å². The lowest BCUT2D eigenvalue weighted by Crippen LogP contribution is -2.10. The Bertz CT molecular complexity index is 1130. The Balaban J connectivity index is 0.000000278. The van der Waals surface area contributed by atoms with E-state index in [0.29, 0.717) is 47.7 Å². The van der Waals surface area contributed by atoms with E-state index in [-0.39, 0.29) is 24.7 Å². The van der Waals surface area contributed by atoms with Gasteiger partial charge in [-0.25, -0.2) is 4.39 Å². The predicted molar refractivity (Wildman–Crippen MR) is 119 cm³/mol. The van der Waals surface area contributed by atoms with Gasteiger partial charge in [0.15, 0.2) is 5.58 Å². The van der Waals surface area contributed by atoms with Gasteiger partial charge in [0.05, 0.1) is 11.2 Å². The molecule has 0 fully saturated rings. The lowest BCUT2D eigenvalue weighted by Gasteiger charge is -2.06. The molecule has 0 atom stereocenters. The minimum absolute atomic E-state index is 0.0666. The summed E-state index contributed by atoms with van der Waals surface area (Å²) in [5.41, 5.74) is 7.94. The summed E-state index contributed by atoms with van der Waals surface area (Å²) >= 11 is 0. The smallest absolute Gasteiger partial charge is 0.295 e. The summed E-state index contributed by atoms with van der Waals surface area (Å²) in [4.78, 5) is 4.18. The quantitative estimate of drug-likeness (QED) is 0.275. The van der Waals surface area contributed by atoms with E-state index in [1.54, 1.807) is 30.3 Å². The number of anilines is 1. The molecule has 0 spiro atoms. The maximum absolute atomic E-state index is 12.4. The van der Waals surface area contributed by atoms with Gasteiger partial charge in [0.1, 0.15) is 17.9 Å². The van der Waals surface area contributed by atoms with Crippen LogP contribution in [0.5, 0.6) is 5.75 Å². The van der Waals surface area contributed by atoms with Crippen molar-refractivity contribution in [1.29, 1.82) is 0 Å². The Morgan fingerprint density at radius 2 is 2.00 bits per heavy atom. The fourth-order valence-electron chi connectivity index (χ4n) is 2.37. The van der Waals surface area contributed by atoms with Crippen LogP contribution in [0, 0.1) is 6.92 Å². The van der Waals surface area contributed by atoms with Gasteiger partial charge in [0, 0.05) is 31.3 Å². The van der Waals surface area contributed by atoms with Gasteiger partial charge in [-0.3, -0.25) is 4.55 Å². The molecule has 2 aromatic carbocycles. The topological polar surface area (TPSA) is 148 Å². The second kappa shape index (κ2) is 12.2. The third-order valence-electron chi connectivity index (χ3n) is 4.13. The van der Waals surface area contributed by atoms with E-state index in [4.69, 9.17) is 24.5 Å². The van der Waals surface area contributed by atoms with Crippen LogP contribution < -0.4 is 15.8 Å². The minimum atomic E-state index is -4.02. The molecule has 0 saturated heterocycles. The second-order valence-corrected chi connectivity index (χ2v) is 8.12. The number of nitrogens with zero attached hydrogens (tertiary/aromatic N) is 1. The number of nitrogens with two attached hydrogens (primary N) is 1. The number of hydrogen-bond donors (Lipinski definition) is 4. The maximum atomic E-state index is 12.4. The highest BCUT2D eigenvalue weighted by molar-refractivity contribution is 7.85. The third kappa shape index (κ3) is 7.93. The van der Waals surface area contributed by atoms with Crippen LogP contribution >= 0.6 is 0 Å². The summed E-state index contributed by atoms with van der Waals surface area (Å²) in [6.07, 6.45) is 1.07. The first-order valence-electron chi connectivity index (χ1n) is 9.67. The van der Waals surface area contributed by atoms with E-state index in [9.17, 15) is 12.8 Å². The van der Waals surface area contributed by atoms with E-state index in [1.807, 2.05) is 6.92 Å². The van der Waals surface area contributed by atoms with Crippen LogP contribution in [0.15, 0.2) is 63.7 Å². The number of aliphatic hydroxyl groups is 1. The zero-order valence-corrected chi connectivity index (χ0v) is 18.3. The van der Waals surface area contributed by atoms with Gasteiger partial charge in [-0.2, -0.15) is 13.4 Å². The number of fused-ring (bicyclic) bond motifs is 1. The van der Waals surface area contributed by atoms with E-state index in [1.165, 1.54) is 12.1 Å². The number of nitrogens with one attached hydrogen (secondary N) is 1. The fourth-order valence-corrected chi connectivity index (χ4v) is 2.85. The molecule has 0 bridgehead atoms. The normalized spacial score (nSPS) is 11.7. The monoisotopic (exact) mass is 467 g/mol. The largest absolute Gasteiger partial charge is 0.489 e. The van der Waals surface area contributed by atoms with Crippen molar-refractivity contribution >= 4 is 27.2 Å². The van der Waals surface area contributed by atoms with Crippen molar-refractivity contribution in [2.45, 2.75) is 18.2 Å². The van der Waals surface area contributed by atoms with Gasteiger partial charge in [0.25, 0.3) is 16.1 Å². The number of oxazole rings is 1. The molecule has 0 amide bonds. The number of hydrogen-bond acceptors (Lipinski definition) is 8. The highest BCUT2D eigenvalue weighted by Gasteiger charge is 2.08. The summed E-state index contributed by atoms with van der Waals surface area (Å²) in [7, 11) is -4.02. The molecule has 174 valence electrons. The molecule has 0 radical (unpaired) electrons. The van der Waals surface area contributed by atoms with Gasteiger partial charge < -0.3 is 25.3 Å². The van der Waals surface area contributed by atoms with Gasteiger partial charge >= 0.3 is 0 Å². The van der Waals surface area contributed by atoms with Gasteiger partial charge in [-0.15, -0.1) is 0 Å². The summed E-state index contributed by atoms with van der Waals surface area (Å²) in [5.74, 6) is 0.549. The Kier molecular flexibility index (Phi) is 9.60. The number of ether oxygens (including phenoxy) is 1. The Hall–Kier alpha value is -2.99. The summed E-state index contributed by atoms with van der Waals surface area (Å²) < 4.78 is 52.9. The zero-order chi connectivity index (χ0) is 23.6. The Morgan fingerprint density at radius 1 is 1.28 bits per heavy atom.